The van der Waals surface area contributed by atoms with Crippen molar-refractivity contribution in [2.24, 2.45) is 0 Å². The van der Waals surface area contributed by atoms with Crippen LogP contribution in [-0.4, -0.2) is 25.5 Å². The summed E-state index contributed by atoms with van der Waals surface area (Å²) in [5.74, 6) is -0.197. The Balaban J connectivity index is 1.88. The van der Waals surface area contributed by atoms with E-state index in [4.69, 9.17) is 0 Å². The highest BCUT2D eigenvalue weighted by Crippen LogP contribution is 2.31. The molecule has 3 rings (SSSR count). The molecule has 0 bridgehead atoms. The number of nitro groups is 2. The summed E-state index contributed by atoms with van der Waals surface area (Å²) in [5.41, 5.74) is -1.17. The number of nitrogens with zero attached hydrogens (tertiary/aromatic N) is 4. The number of rotatable bonds is 5. The van der Waals surface area contributed by atoms with E-state index in [1.54, 1.807) is 16.9 Å². The first-order chi connectivity index (χ1) is 12.0. The van der Waals surface area contributed by atoms with Crippen LogP contribution < -0.4 is 5.32 Å². The molecule has 10 heteroatoms. The van der Waals surface area contributed by atoms with Gasteiger partial charge in [-0.05, 0) is 12.8 Å². The normalized spacial score (nSPS) is 14.4. The molecule has 1 aromatic heterocycles. The molecule has 130 valence electrons. The van der Waals surface area contributed by atoms with E-state index in [1.807, 2.05) is 0 Å². The van der Waals surface area contributed by atoms with Gasteiger partial charge in [0, 0.05) is 18.2 Å². The second-order valence-electron chi connectivity index (χ2n) is 5.81. The van der Waals surface area contributed by atoms with E-state index >= 15 is 0 Å². The van der Waals surface area contributed by atoms with Crippen molar-refractivity contribution in [2.45, 2.75) is 31.7 Å². The summed E-state index contributed by atoms with van der Waals surface area (Å²) >= 11 is 0. The number of benzene rings is 1. The number of non-ortho nitro benzene ring substituents is 2. The Labute approximate surface area is 141 Å². The Morgan fingerprint density at radius 2 is 1.72 bits per heavy atom. The molecule has 0 radical (unpaired) electrons. The van der Waals surface area contributed by atoms with Crippen molar-refractivity contribution in [3.63, 3.8) is 0 Å². The number of hydrogen-bond donors (Lipinski definition) is 1. The summed E-state index contributed by atoms with van der Waals surface area (Å²) in [6.07, 6.45) is 5.67. The van der Waals surface area contributed by atoms with Crippen LogP contribution in [0.4, 0.5) is 17.2 Å². The molecule has 1 N–H and O–H groups in total. The number of amides is 1. The van der Waals surface area contributed by atoms with Gasteiger partial charge in [0.2, 0.25) is 0 Å². The van der Waals surface area contributed by atoms with Gasteiger partial charge < -0.3 is 5.32 Å². The van der Waals surface area contributed by atoms with E-state index < -0.39 is 27.1 Å². The van der Waals surface area contributed by atoms with Crippen LogP contribution in [0.25, 0.3) is 0 Å². The lowest BCUT2D eigenvalue weighted by atomic mass is 10.1. The van der Waals surface area contributed by atoms with E-state index in [0.29, 0.717) is 5.82 Å². The van der Waals surface area contributed by atoms with Gasteiger partial charge in [-0.2, -0.15) is 5.10 Å². The number of anilines is 1. The number of carbonyl (C=O) groups excluding carboxylic acids is 1. The molecule has 0 aliphatic heterocycles. The summed E-state index contributed by atoms with van der Waals surface area (Å²) in [5, 5.41) is 28.7. The zero-order chi connectivity index (χ0) is 18.0. The van der Waals surface area contributed by atoms with Crippen molar-refractivity contribution in [1.29, 1.82) is 0 Å². The van der Waals surface area contributed by atoms with Crippen LogP contribution in [0.2, 0.25) is 0 Å². The molecule has 1 amide bonds. The summed E-state index contributed by atoms with van der Waals surface area (Å²) < 4.78 is 1.72. The minimum Gasteiger partial charge on any atom is -0.307 e. The van der Waals surface area contributed by atoms with Gasteiger partial charge in [0.15, 0.2) is 0 Å². The third-order valence-electron chi connectivity index (χ3n) is 4.17. The maximum Gasteiger partial charge on any atom is 0.277 e. The number of aromatic nitrogens is 2. The highest BCUT2D eigenvalue weighted by molar-refractivity contribution is 6.04. The molecule has 0 spiro atoms. The quantitative estimate of drug-likeness (QED) is 0.654. The van der Waals surface area contributed by atoms with Gasteiger partial charge in [-0.15, -0.1) is 0 Å². The van der Waals surface area contributed by atoms with Crippen LogP contribution in [-0.2, 0) is 0 Å². The summed E-state index contributed by atoms with van der Waals surface area (Å²) in [6, 6.07) is 4.67. The van der Waals surface area contributed by atoms with Crippen LogP contribution in [0.1, 0.15) is 42.1 Å². The predicted octanol–water partition coefficient (Wildman–Crippen LogP) is 3.07. The summed E-state index contributed by atoms with van der Waals surface area (Å²) in [7, 11) is 0. The summed E-state index contributed by atoms with van der Waals surface area (Å²) in [4.78, 5) is 32.8. The van der Waals surface area contributed by atoms with Crippen molar-refractivity contribution in [2.75, 3.05) is 5.32 Å². The standard InChI is InChI=1S/C15H15N5O5/c21-15(10-7-12(19(22)23)9-13(8-10)20(24)25)17-14-5-6-16-18(14)11-3-1-2-4-11/h5-9,11H,1-4H2,(H,17,21). The molecule has 1 aromatic carbocycles. The Bertz CT molecular complexity index is 808. The van der Waals surface area contributed by atoms with E-state index in [-0.39, 0.29) is 11.6 Å². The molecule has 1 aliphatic carbocycles. The molecular formula is C15H15N5O5. The first kappa shape index (κ1) is 16.6. The highest BCUT2D eigenvalue weighted by atomic mass is 16.6. The molecule has 1 saturated carbocycles. The number of nitrogens with one attached hydrogen (secondary N) is 1. The fourth-order valence-corrected chi connectivity index (χ4v) is 2.98. The Kier molecular flexibility index (Phi) is 4.42. The second kappa shape index (κ2) is 6.67. The highest BCUT2D eigenvalue weighted by Gasteiger charge is 2.23. The molecule has 1 aliphatic rings. The van der Waals surface area contributed by atoms with Crippen molar-refractivity contribution in [3.05, 3.63) is 56.3 Å². The molecule has 0 unspecified atom stereocenters. The smallest absolute Gasteiger partial charge is 0.277 e. The zero-order valence-corrected chi connectivity index (χ0v) is 13.1. The van der Waals surface area contributed by atoms with Crippen LogP contribution in [0.5, 0.6) is 0 Å². The van der Waals surface area contributed by atoms with Crippen molar-refractivity contribution >= 4 is 23.1 Å². The van der Waals surface area contributed by atoms with Crippen LogP contribution in [0, 0.1) is 20.2 Å². The fraction of sp³-hybridized carbons (Fsp3) is 0.333. The molecule has 0 saturated heterocycles. The number of hydrogen-bond acceptors (Lipinski definition) is 6. The SMILES string of the molecule is O=C(Nc1ccnn1C1CCCC1)c1cc([N+](=O)[O-])cc([N+](=O)[O-])c1. The first-order valence-electron chi connectivity index (χ1n) is 7.74. The van der Waals surface area contributed by atoms with Gasteiger partial charge in [0.25, 0.3) is 17.3 Å². The van der Waals surface area contributed by atoms with Gasteiger partial charge in [-0.1, -0.05) is 12.8 Å². The average Bonchev–Trinajstić information content (AvgIpc) is 3.25. The second-order valence-corrected chi connectivity index (χ2v) is 5.81. The minimum absolute atomic E-state index is 0.153. The van der Waals surface area contributed by atoms with Crippen LogP contribution in [0.15, 0.2) is 30.5 Å². The Hall–Kier alpha value is -3.30. The van der Waals surface area contributed by atoms with Crippen molar-refractivity contribution in [1.82, 2.24) is 9.78 Å². The van der Waals surface area contributed by atoms with Gasteiger partial charge in [0.1, 0.15) is 5.82 Å². The lowest BCUT2D eigenvalue weighted by molar-refractivity contribution is -0.394. The lowest BCUT2D eigenvalue weighted by Crippen LogP contribution is -2.18. The number of nitro benzene ring substituents is 2. The monoisotopic (exact) mass is 345 g/mol. The summed E-state index contributed by atoms with van der Waals surface area (Å²) in [6.45, 7) is 0. The van der Waals surface area contributed by atoms with E-state index in [2.05, 4.69) is 10.4 Å². The molecule has 0 atom stereocenters. The van der Waals surface area contributed by atoms with Gasteiger partial charge in [0.05, 0.1) is 33.7 Å². The zero-order valence-electron chi connectivity index (χ0n) is 13.1. The maximum absolute atomic E-state index is 12.4. The molecule has 25 heavy (non-hydrogen) atoms. The van der Waals surface area contributed by atoms with Gasteiger partial charge >= 0.3 is 0 Å². The predicted molar refractivity (Wildman–Crippen MR) is 87.4 cm³/mol. The third-order valence-corrected chi connectivity index (χ3v) is 4.17. The maximum atomic E-state index is 12.4. The molecular weight excluding hydrogens is 330 g/mol. The molecule has 1 fully saturated rings. The number of carbonyl (C=O) groups is 1. The van der Waals surface area contributed by atoms with Crippen molar-refractivity contribution < 1.29 is 14.6 Å². The third kappa shape index (κ3) is 3.47. The van der Waals surface area contributed by atoms with E-state index in [0.717, 1.165) is 43.9 Å². The van der Waals surface area contributed by atoms with Crippen LogP contribution in [0.3, 0.4) is 0 Å². The van der Waals surface area contributed by atoms with E-state index in [9.17, 15) is 25.0 Å². The Morgan fingerprint density at radius 3 is 2.28 bits per heavy atom. The topological polar surface area (TPSA) is 133 Å². The largest absolute Gasteiger partial charge is 0.307 e. The minimum atomic E-state index is -0.771. The Morgan fingerprint density at radius 1 is 1.12 bits per heavy atom. The molecule has 10 nitrogen and oxygen atoms in total. The average molecular weight is 345 g/mol. The fourth-order valence-electron chi connectivity index (χ4n) is 2.98. The van der Waals surface area contributed by atoms with Crippen LogP contribution >= 0.6 is 0 Å². The molecule has 2 aromatic rings. The van der Waals surface area contributed by atoms with Gasteiger partial charge in [-0.3, -0.25) is 25.0 Å². The molecule has 1 heterocycles. The lowest BCUT2D eigenvalue weighted by Gasteiger charge is -2.14. The first-order valence-corrected chi connectivity index (χ1v) is 7.74. The van der Waals surface area contributed by atoms with Crippen molar-refractivity contribution in [3.8, 4) is 0 Å². The van der Waals surface area contributed by atoms with Gasteiger partial charge in [-0.25, -0.2) is 4.68 Å². The van der Waals surface area contributed by atoms with E-state index in [1.165, 1.54) is 0 Å².